The Hall–Kier alpha value is -0.530. The highest BCUT2D eigenvalue weighted by Gasteiger charge is 2.50. The van der Waals surface area contributed by atoms with Crippen LogP contribution < -0.4 is 5.32 Å². The van der Waals surface area contributed by atoms with Gasteiger partial charge in [0, 0.05) is 12.0 Å². The molecule has 4 aliphatic rings. The molecule has 1 aliphatic heterocycles. The number of carbonyl (C=O) groups is 1. The first-order valence-corrected chi connectivity index (χ1v) is 4.65. The molecule has 3 aliphatic carbocycles. The normalized spacial score (nSPS) is 52.9. The maximum absolute atomic E-state index is 11.3. The predicted octanol–water partition coefficient (Wildman–Crippen LogP) is 0.921. The highest BCUT2D eigenvalue weighted by molar-refractivity contribution is 5.82. The van der Waals surface area contributed by atoms with Crippen molar-refractivity contribution in [3.05, 3.63) is 0 Å². The van der Waals surface area contributed by atoms with Crippen LogP contribution in [-0.4, -0.2) is 11.9 Å². The molecule has 0 aromatic heterocycles. The molecular formula is C9H13NO. The number of carbonyl (C=O) groups excluding carboxylic acids is 1. The molecule has 4 atom stereocenters. The van der Waals surface area contributed by atoms with Gasteiger partial charge in [-0.1, -0.05) is 0 Å². The lowest BCUT2D eigenvalue weighted by Crippen LogP contribution is -2.38. The Morgan fingerprint density at radius 3 is 2.82 bits per heavy atom. The maximum atomic E-state index is 11.3. The second kappa shape index (κ2) is 1.79. The highest BCUT2D eigenvalue weighted by atomic mass is 16.2. The zero-order valence-electron chi connectivity index (χ0n) is 6.55. The molecule has 0 radical (unpaired) electrons. The van der Waals surface area contributed by atoms with E-state index in [0.29, 0.717) is 23.8 Å². The quantitative estimate of drug-likeness (QED) is 0.548. The molecule has 1 heterocycles. The third-order valence-corrected chi connectivity index (χ3v) is 3.78. The maximum Gasteiger partial charge on any atom is 0.223 e. The lowest BCUT2D eigenvalue weighted by atomic mass is 9.65. The van der Waals surface area contributed by atoms with Crippen LogP contribution in [0.1, 0.15) is 25.7 Å². The van der Waals surface area contributed by atoms with Gasteiger partial charge in [0.1, 0.15) is 0 Å². The van der Waals surface area contributed by atoms with Crippen LogP contribution in [0.5, 0.6) is 0 Å². The Bertz CT molecular complexity index is 214. The molecule has 2 heteroatoms. The summed E-state index contributed by atoms with van der Waals surface area (Å²) in [6.45, 7) is 0. The Labute approximate surface area is 66.4 Å². The molecule has 60 valence electrons. The van der Waals surface area contributed by atoms with Crippen LogP contribution in [-0.2, 0) is 4.79 Å². The van der Waals surface area contributed by atoms with Crippen LogP contribution in [0.25, 0.3) is 0 Å². The molecule has 4 fully saturated rings. The fourth-order valence-electron chi connectivity index (χ4n) is 3.27. The van der Waals surface area contributed by atoms with Crippen molar-refractivity contribution >= 4 is 5.91 Å². The van der Waals surface area contributed by atoms with E-state index < -0.39 is 0 Å². The van der Waals surface area contributed by atoms with Gasteiger partial charge in [-0.05, 0) is 37.5 Å². The summed E-state index contributed by atoms with van der Waals surface area (Å²) in [5.41, 5.74) is 0. The number of hydrogen-bond donors (Lipinski definition) is 1. The van der Waals surface area contributed by atoms with Gasteiger partial charge in [0.25, 0.3) is 0 Å². The zero-order valence-corrected chi connectivity index (χ0v) is 6.55. The van der Waals surface area contributed by atoms with E-state index in [9.17, 15) is 4.79 Å². The van der Waals surface area contributed by atoms with E-state index in [1.54, 1.807) is 0 Å². The Morgan fingerprint density at radius 2 is 2.18 bits per heavy atom. The molecule has 4 rings (SSSR count). The third kappa shape index (κ3) is 0.652. The molecule has 1 amide bonds. The van der Waals surface area contributed by atoms with E-state index >= 15 is 0 Å². The molecule has 11 heavy (non-hydrogen) atoms. The average Bonchev–Trinajstić information content (AvgIpc) is 2.25. The van der Waals surface area contributed by atoms with Crippen molar-refractivity contribution < 1.29 is 4.79 Å². The summed E-state index contributed by atoms with van der Waals surface area (Å²) in [7, 11) is 0. The molecular weight excluding hydrogens is 138 g/mol. The summed E-state index contributed by atoms with van der Waals surface area (Å²) in [4.78, 5) is 11.3. The van der Waals surface area contributed by atoms with E-state index in [1.165, 1.54) is 25.7 Å². The van der Waals surface area contributed by atoms with Gasteiger partial charge in [0.15, 0.2) is 0 Å². The van der Waals surface area contributed by atoms with Gasteiger partial charge in [0.05, 0.1) is 0 Å². The smallest absolute Gasteiger partial charge is 0.223 e. The average molecular weight is 151 g/mol. The van der Waals surface area contributed by atoms with Crippen molar-refractivity contribution in [2.24, 2.45) is 17.8 Å². The summed E-state index contributed by atoms with van der Waals surface area (Å²) in [6, 6.07) is 0.569. The molecule has 2 nitrogen and oxygen atoms in total. The Balaban J connectivity index is 1.99. The number of hydrogen-bond acceptors (Lipinski definition) is 1. The minimum absolute atomic E-state index is 0.349. The van der Waals surface area contributed by atoms with Crippen LogP contribution in [0.2, 0.25) is 0 Å². The highest BCUT2D eigenvalue weighted by Crippen LogP contribution is 2.48. The first-order valence-electron chi connectivity index (χ1n) is 4.65. The van der Waals surface area contributed by atoms with Crippen LogP contribution in [0.15, 0.2) is 0 Å². The van der Waals surface area contributed by atoms with Gasteiger partial charge < -0.3 is 5.32 Å². The minimum atomic E-state index is 0.349. The Morgan fingerprint density at radius 1 is 1.27 bits per heavy atom. The largest absolute Gasteiger partial charge is 0.353 e. The first kappa shape index (κ1) is 6.04. The van der Waals surface area contributed by atoms with Crippen molar-refractivity contribution in [1.29, 1.82) is 0 Å². The van der Waals surface area contributed by atoms with Gasteiger partial charge >= 0.3 is 0 Å². The van der Waals surface area contributed by atoms with Crippen molar-refractivity contribution in [1.82, 2.24) is 5.32 Å². The molecule has 1 N–H and O–H groups in total. The number of rotatable bonds is 0. The van der Waals surface area contributed by atoms with Crippen LogP contribution >= 0.6 is 0 Å². The zero-order chi connectivity index (χ0) is 7.42. The minimum Gasteiger partial charge on any atom is -0.353 e. The SMILES string of the molecule is O=C1N[C@H]2CC3CCC2C1C3. The number of nitrogens with one attached hydrogen (secondary N) is 1. The van der Waals surface area contributed by atoms with Crippen molar-refractivity contribution in [2.45, 2.75) is 31.7 Å². The predicted molar refractivity (Wildman–Crippen MR) is 40.9 cm³/mol. The van der Waals surface area contributed by atoms with Gasteiger partial charge in [-0.25, -0.2) is 0 Å². The molecule has 3 unspecified atom stereocenters. The molecule has 0 spiro atoms. The topological polar surface area (TPSA) is 29.1 Å². The molecule has 0 aromatic rings. The van der Waals surface area contributed by atoms with Crippen LogP contribution in [0.3, 0.4) is 0 Å². The summed E-state index contributed by atoms with van der Waals surface area (Å²) < 4.78 is 0. The van der Waals surface area contributed by atoms with E-state index in [2.05, 4.69) is 5.32 Å². The molecule has 0 aromatic carbocycles. The summed E-state index contributed by atoms with van der Waals surface area (Å²) in [5, 5.41) is 3.11. The summed E-state index contributed by atoms with van der Waals surface area (Å²) >= 11 is 0. The fourth-order valence-corrected chi connectivity index (χ4v) is 3.27. The number of amides is 1. The lowest BCUT2D eigenvalue weighted by Gasteiger charge is -2.39. The monoisotopic (exact) mass is 151 g/mol. The fraction of sp³-hybridized carbons (Fsp3) is 0.889. The summed E-state index contributed by atoms with van der Waals surface area (Å²) in [6.07, 6.45) is 5.14. The van der Waals surface area contributed by atoms with Gasteiger partial charge in [-0.15, -0.1) is 0 Å². The third-order valence-electron chi connectivity index (χ3n) is 3.78. The van der Waals surface area contributed by atoms with E-state index in [1.807, 2.05) is 0 Å². The molecule has 3 saturated carbocycles. The van der Waals surface area contributed by atoms with E-state index in [-0.39, 0.29) is 0 Å². The number of fused-ring (bicyclic) bond motifs is 1. The molecule has 1 saturated heterocycles. The Kier molecular flexibility index (Phi) is 0.984. The first-order chi connectivity index (χ1) is 5.34. The standard InChI is InChI=1S/C9H13NO/c11-9-7-3-5-1-2-6(7)8(4-5)10-9/h5-8H,1-4H2,(H,10,11)/t5?,6?,7?,8-/m0/s1. The van der Waals surface area contributed by atoms with E-state index in [0.717, 1.165) is 5.92 Å². The second-order valence-corrected chi connectivity index (χ2v) is 4.30. The molecule has 4 bridgehead atoms. The van der Waals surface area contributed by atoms with E-state index in [4.69, 9.17) is 0 Å². The van der Waals surface area contributed by atoms with Crippen LogP contribution in [0, 0.1) is 17.8 Å². The van der Waals surface area contributed by atoms with Gasteiger partial charge in [0.2, 0.25) is 5.91 Å². The second-order valence-electron chi connectivity index (χ2n) is 4.30. The van der Waals surface area contributed by atoms with Crippen LogP contribution in [0.4, 0.5) is 0 Å². The lowest BCUT2D eigenvalue weighted by molar-refractivity contribution is -0.123. The van der Waals surface area contributed by atoms with Crippen molar-refractivity contribution in [3.63, 3.8) is 0 Å². The van der Waals surface area contributed by atoms with Crippen molar-refractivity contribution in [3.8, 4) is 0 Å². The van der Waals surface area contributed by atoms with Gasteiger partial charge in [-0.3, -0.25) is 4.79 Å². The van der Waals surface area contributed by atoms with Gasteiger partial charge in [-0.2, -0.15) is 0 Å². The van der Waals surface area contributed by atoms with Crippen molar-refractivity contribution in [2.75, 3.05) is 0 Å². The summed E-state index contributed by atoms with van der Waals surface area (Å²) in [5.74, 6) is 2.34.